The lowest BCUT2D eigenvalue weighted by molar-refractivity contribution is -0.143. The zero-order valence-corrected chi connectivity index (χ0v) is 16.6. The number of esters is 1. The summed E-state index contributed by atoms with van der Waals surface area (Å²) in [6.45, 7) is 2.87. The largest absolute Gasteiger partial charge is 0.486 e. The van der Waals surface area contributed by atoms with E-state index in [1.165, 1.54) is 4.90 Å². The molecule has 8 nitrogen and oxygen atoms in total. The van der Waals surface area contributed by atoms with E-state index >= 15 is 0 Å². The molecule has 0 spiro atoms. The van der Waals surface area contributed by atoms with Crippen LogP contribution in [0.2, 0.25) is 0 Å². The molecule has 30 heavy (non-hydrogen) atoms. The van der Waals surface area contributed by atoms with E-state index in [0.29, 0.717) is 48.9 Å². The van der Waals surface area contributed by atoms with Crippen LogP contribution in [-0.4, -0.2) is 55.1 Å². The summed E-state index contributed by atoms with van der Waals surface area (Å²) >= 11 is 0. The highest BCUT2D eigenvalue weighted by molar-refractivity contribution is 5.98. The van der Waals surface area contributed by atoms with E-state index in [0.717, 1.165) is 5.56 Å². The van der Waals surface area contributed by atoms with Gasteiger partial charge in [0.15, 0.2) is 17.6 Å². The van der Waals surface area contributed by atoms with Crippen LogP contribution in [0.25, 0.3) is 0 Å². The molecule has 2 aliphatic rings. The van der Waals surface area contributed by atoms with Crippen LogP contribution in [-0.2, 0) is 20.7 Å². The fourth-order valence-electron chi connectivity index (χ4n) is 3.51. The molecule has 0 aliphatic carbocycles. The zero-order chi connectivity index (χ0) is 21.1. The lowest BCUT2D eigenvalue weighted by Crippen LogP contribution is -2.47. The number of nitrogens with zero attached hydrogens (tertiary/aromatic N) is 1. The third-order valence-corrected chi connectivity index (χ3v) is 5.02. The molecule has 8 heteroatoms. The second kappa shape index (κ2) is 8.44. The highest BCUT2D eigenvalue weighted by Gasteiger charge is 2.34. The van der Waals surface area contributed by atoms with Crippen molar-refractivity contribution in [1.29, 1.82) is 0 Å². The second-order valence-electron chi connectivity index (χ2n) is 7.01. The summed E-state index contributed by atoms with van der Waals surface area (Å²) in [5, 5.41) is 2.76. The first kappa shape index (κ1) is 19.8. The molecule has 1 N–H and O–H groups in total. The monoisotopic (exact) mass is 410 g/mol. The Morgan fingerprint density at radius 2 is 1.87 bits per heavy atom. The first-order valence-electron chi connectivity index (χ1n) is 9.82. The highest BCUT2D eigenvalue weighted by Crippen LogP contribution is 2.32. The maximum Gasteiger partial charge on any atom is 0.339 e. The predicted octanol–water partition coefficient (Wildman–Crippen LogP) is 2.03. The summed E-state index contributed by atoms with van der Waals surface area (Å²) in [6, 6.07) is 12.2. The van der Waals surface area contributed by atoms with Crippen molar-refractivity contribution in [3.63, 3.8) is 0 Å². The van der Waals surface area contributed by atoms with Crippen molar-refractivity contribution >= 4 is 23.5 Å². The molecule has 0 aromatic heterocycles. The predicted molar refractivity (Wildman–Crippen MR) is 108 cm³/mol. The number of cyclic esters (lactones) is 1. The van der Waals surface area contributed by atoms with Crippen LogP contribution in [0, 0.1) is 0 Å². The summed E-state index contributed by atoms with van der Waals surface area (Å²) in [5.74, 6) is -0.0756. The second-order valence-corrected chi connectivity index (χ2v) is 7.01. The van der Waals surface area contributed by atoms with Crippen LogP contribution in [0.1, 0.15) is 22.8 Å². The number of hydrogen-bond acceptors (Lipinski definition) is 6. The smallest absolute Gasteiger partial charge is 0.339 e. The van der Waals surface area contributed by atoms with Gasteiger partial charge in [0.05, 0.1) is 12.1 Å². The van der Waals surface area contributed by atoms with Gasteiger partial charge in [-0.25, -0.2) is 4.79 Å². The molecule has 4 rings (SSSR count). The Morgan fingerprint density at radius 1 is 1.10 bits per heavy atom. The van der Waals surface area contributed by atoms with Crippen LogP contribution >= 0.6 is 0 Å². The average Bonchev–Trinajstić information content (AvgIpc) is 2.77. The maximum atomic E-state index is 12.9. The van der Waals surface area contributed by atoms with E-state index < -0.39 is 18.0 Å². The van der Waals surface area contributed by atoms with E-state index in [1.807, 2.05) is 6.07 Å². The average molecular weight is 410 g/mol. The van der Waals surface area contributed by atoms with Gasteiger partial charge in [-0.1, -0.05) is 18.2 Å². The van der Waals surface area contributed by atoms with Gasteiger partial charge in [0.25, 0.3) is 5.91 Å². The first-order valence-corrected chi connectivity index (χ1v) is 9.82. The van der Waals surface area contributed by atoms with E-state index in [2.05, 4.69) is 5.32 Å². The van der Waals surface area contributed by atoms with Crippen LogP contribution in [0.15, 0.2) is 42.5 Å². The van der Waals surface area contributed by atoms with Gasteiger partial charge >= 0.3 is 5.97 Å². The number of benzene rings is 2. The normalized spacial score (nSPS) is 16.8. The Hall–Kier alpha value is -3.55. The van der Waals surface area contributed by atoms with Gasteiger partial charge in [-0.15, -0.1) is 0 Å². The standard InChI is InChI=1S/C22H22N2O6/c1-2-24(21(26)19-11-14-5-3-4-6-16(14)22(27)30-19)13-20(25)23-15-7-8-17-18(12-15)29-10-9-28-17/h3-8,12,19H,2,9-11,13H2,1H3,(H,23,25). The molecule has 2 aromatic carbocycles. The van der Waals surface area contributed by atoms with Gasteiger partial charge in [-0.2, -0.15) is 0 Å². The number of carbonyl (C=O) groups excluding carboxylic acids is 3. The van der Waals surface area contributed by atoms with Crippen molar-refractivity contribution in [1.82, 2.24) is 4.90 Å². The third kappa shape index (κ3) is 4.07. The number of nitrogens with one attached hydrogen (secondary N) is 1. The molecule has 2 aromatic rings. The molecule has 1 atom stereocenters. The van der Waals surface area contributed by atoms with E-state index in [1.54, 1.807) is 43.3 Å². The fourth-order valence-corrected chi connectivity index (χ4v) is 3.51. The van der Waals surface area contributed by atoms with Crippen molar-refractivity contribution in [3.8, 4) is 11.5 Å². The van der Waals surface area contributed by atoms with Gasteiger partial charge in [0.2, 0.25) is 5.91 Å². The van der Waals surface area contributed by atoms with E-state index in [9.17, 15) is 14.4 Å². The first-order chi connectivity index (χ1) is 14.5. The number of likely N-dealkylation sites (N-methyl/N-ethyl adjacent to an activating group) is 1. The number of hydrogen-bond donors (Lipinski definition) is 1. The van der Waals surface area contributed by atoms with Crippen LogP contribution in [0.5, 0.6) is 11.5 Å². The molecule has 0 saturated carbocycles. The Labute approximate surface area is 173 Å². The van der Waals surface area contributed by atoms with Crippen molar-refractivity contribution in [2.75, 3.05) is 31.6 Å². The lowest BCUT2D eigenvalue weighted by Gasteiger charge is -2.29. The van der Waals surface area contributed by atoms with Gasteiger partial charge in [-0.05, 0) is 30.7 Å². The number of rotatable bonds is 5. The number of amides is 2. The van der Waals surface area contributed by atoms with Gasteiger partial charge in [-0.3, -0.25) is 9.59 Å². The highest BCUT2D eigenvalue weighted by atomic mass is 16.6. The molecular weight excluding hydrogens is 388 g/mol. The fraction of sp³-hybridized carbons (Fsp3) is 0.318. The summed E-state index contributed by atoms with van der Waals surface area (Å²) in [5.41, 5.74) is 1.79. The third-order valence-electron chi connectivity index (χ3n) is 5.02. The lowest BCUT2D eigenvalue weighted by atomic mass is 9.98. The van der Waals surface area contributed by atoms with E-state index in [-0.39, 0.29) is 12.5 Å². The SMILES string of the molecule is CCN(CC(=O)Nc1ccc2c(c1)OCCO2)C(=O)C1Cc2ccccc2C(=O)O1. The molecular formula is C22H22N2O6. The van der Waals surface area contributed by atoms with E-state index in [4.69, 9.17) is 14.2 Å². The summed E-state index contributed by atoms with van der Waals surface area (Å²) in [6.07, 6.45) is -0.643. The summed E-state index contributed by atoms with van der Waals surface area (Å²) < 4.78 is 16.3. The molecule has 0 radical (unpaired) electrons. The van der Waals surface area contributed by atoms with Crippen LogP contribution in [0.4, 0.5) is 5.69 Å². The Balaban J connectivity index is 1.40. The van der Waals surface area contributed by atoms with Crippen molar-refractivity contribution in [2.24, 2.45) is 0 Å². The molecule has 2 aliphatic heterocycles. The molecule has 0 fully saturated rings. The molecule has 0 saturated heterocycles. The summed E-state index contributed by atoms with van der Waals surface area (Å²) in [4.78, 5) is 39.0. The molecule has 156 valence electrons. The van der Waals surface area contributed by atoms with Crippen molar-refractivity contribution in [2.45, 2.75) is 19.4 Å². The quantitative estimate of drug-likeness (QED) is 0.758. The number of ether oxygens (including phenoxy) is 3. The Bertz CT molecular complexity index is 989. The van der Waals surface area contributed by atoms with Crippen LogP contribution < -0.4 is 14.8 Å². The minimum absolute atomic E-state index is 0.153. The van der Waals surface area contributed by atoms with Crippen molar-refractivity contribution < 1.29 is 28.6 Å². The number of anilines is 1. The van der Waals surface area contributed by atoms with Gasteiger partial charge in [0, 0.05) is 24.7 Å². The minimum Gasteiger partial charge on any atom is -0.486 e. The van der Waals surface area contributed by atoms with Gasteiger partial charge in [0.1, 0.15) is 13.2 Å². The van der Waals surface area contributed by atoms with Crippen LogP contribution in [0.3, 0.4) is 0 Å². The zero-order valence-electron chi connectivity index (χ0n) is 16.6. The maximum absolute atomic E-state index is 12.9. The minimum atomic E-state index is -0.936. The Kier molecular flexibility index (Phi) is 5.56. The molecule has 0 bridgehead atoms. The number of carbonyl (C=O) groups is 3. The molecule has 2 heterocycles. The van der Waals surface area contributed by atoms with Gasteiger partial charge < -0.3 is 24.4 Å². The Morgan fingerprint density at radius 3 is 2.67 bits per heavy atom. The molecule has 1 unspecified atom stereocenters. The number of fused-ring (bicyclic) bond motifs is 2. The topological polar surface area (TPSA) is 94.2 Å². The summed E-state index contributed by atoms with van der Waals surface area (Å²) in [7, 11) is 0. The molecule has 2 amide bonds. The van der Waals surface area contributed by atoms with Crippen molar-refractivity contribution in [3.05, 3.63) is 53.6 Å².